The summed E-state index contributed by atoms with van der Waals surface area (Å²) < 4.78 is 2.33. The first-order chi connectivity index (χ1) is 20.1. The highest BCUT2D eigenvalue weighted by molar-refractivity contribution is 8.08. The molecule has 0 unspecified atom stereocenters. The molecular formula is C35H27ClN2O2S. The minimum Gasteiger partial charge on any atom is -0.313 e. The topological polar surface area (TPSA) is 43.6 Å². The Morgan fingerprint density at radius 2 is 1.56 bits per heavy atom. The number of fused-ring (bicyclic) bond motifs is 1. The lowest BCUT2D eigenvalue weighted by Gasteiger charge is -2.21. The van der Waals surface area contributed by atoms with Gasteiger partial charge in [0.1, 0.15) is 0 Å². The summed E-state index contributed by atoms with van der Waals surface area (Å²) in [4.78, 5) is 20.0. The molecule has 0 spiro atoms. The maximum Gasteiger partial charge on any atom is 0.365 e. The number of nitrogens with zero attached hydrogens (tertiary/aromatic N) is 2. The van der Waals surface area contributed by atoms with Crippen molar-refractivity contribution in [2.24, 2.45) is 5.16 Å². The smallest absolute Gasteiger partial charge is 0.313 e. The van der Waals surface area contributed by atoms with Gasteiger partial charge in [0.05, 0.1) is 17.5 Å². The zero-order valence-electron chi connectivity index (χ0n) is 22.5. The highest BCUT2D eigenvalue weighted by Crippen LogP contribution is 2.45. The van der Waals surface area contributed by atoms with Crippen LogP contribution in [0.4, 0.5) is 0 Å². The van der Waals surface area contributed by atoms with Crippen LogP contribution in [-0.2, 0) is 11.3 Å². The van der Waals surface area contributed by atoms with E-state index in [1.165, 1.54) is 11.3 Å². The summed E-state index contributed by atoms with van der Waals surface area (Å²) in [5.41, 5.74) is 8.36. The van der Waals surface area contributed by atoms with Gasteiger partial charge in [-0.05, 0) is 85.5 Å². The maximum absolute atomic E-state index is 12.5. The molecule has 41 heavy (non-hydrogen) atoms. The van der Waals surface area contributed by atoms with E-state index < -0.39 is 5.97 Å². The normalized spacial score (nSPS) is 12.9. The van der Waals surface area contributed by atoms with Crippen LogP contribution >= 0.6 is 23.4 Å². The number of benzene rings is 4. The molecule has 4 aromatic carbocycles. The van der Waals surface area contributed by atoms with Crippen LogP contribution in [0.2, 0.25) is 5.02 Å². The highest BCUT2D eigenvalue weighted by atomic mass is 35.5. The first kappa shape index (κ1) is 26.9. The van der Waals surface area contributed by atoms with Crippen molar-refractivity contribution >= 4 is 40.5 Å². The fourth-order valence-corrected chi connectivity index (χ4v) is 6.18. The number of carbonyl (C=O) groups excluding carboxylic acids is 1. The molecule has 0 N–H and O–H groups in total. The summed E-state index contributed by atoms with van der Waals surface area (Å²) >= 11 is 7.96. The molecule has 0 fully saturated rings. The third-order valence-corrected chi connectivity index (χ3v) is 8.47. The van der Waals surface area contributed by atoms with Gasteiger partial charge in [-0.2, -0.15) is 0 Å². The van der Waals surface area contributed by atoms with Gasteiger partial charge in [-0.25, -0.2) is 4.79 Å². The fourth-order valence-electron chi connectivity index (χ4n) is 4.97. The Labute approximate surface area is 248 Å². The molecule has 6 heteroatoms. The van der Waals surface area contributed by atoms with Crippen LogP contribution < -0.4 is 0 Å². The van der Waals surface area contributed by atoms with E-state index in [0.29, 0.717) is 10.6 Å². The van der Waals surface area contributed by atoms with Gasteiger partial charge >= 0.3 is 5.97 Å². The first-order valence-electron chi connectivity index (χ1n) is 13.4. The summed E-state index contributed by atoms with van der Waals surface area (Å²) in [5.74, 6) is -0.480. The summed E-state index contributed by atoms with van der Waals surface area (Å²) in [6.07, 6.45) is 3.25. The van der Waals surface area contributed by atoms with Gasteiger partial charge in [0, 0.05) is 31.8 Å². The summed E-state index contributed by atoms with van der Waals surface area (Å²) in [6.45, 7) is 2.09. The summed E-state index contributed by atoms with van der Waals surface area (Å²) in [5, 5.41) is 4.84. The number of hydrogen-bond acceptors (Lipinski definition) is 4. The van der Waals surface area contributed by atoms with E-state index in [0.717, 1.165) is 50.7 Å². The molecule has 1 aromatic heterocycles. The third kappa shape index (κ3) is 5.92. The van der Waals surface area contributed by atoms with E-state index in [1.54, 1.807) is 42.2 Å². The summed E-state index contributed by atoms with van der Waals surface area (Å²) in [6, 6.07) is 38.1. The Morgan fingerprint density at radius 1 is 0.878 bits per heavy atom. The van der Waals surface area contributed by atoms with Gasteiger partial charge in [0.15, 0.2) is 0 Å². The monoisotopic (exact) mass is 574 g/mol. The van der Waals surface area contributed by atoms with Gasteiger partial charge in [-0.3, -0.25) is 0 Å². The van der Waals surface area contributed by atoms with Crippen LogP contribution in [0.3, 0.4) is 0 Å². The van der Waals surface area contributed by atoms with E-state index >= 15 is 0 Å². The van der Waals surface area contributed by atoms with Gasteiger partial charge in [0.2, 0.25) is 0 Å². The lowest BCUT2D eigenvalue weighted by Crippen LogP contribution is -2.09. The Hall–Kier alpha value is -4.32. The highest BCUT2D eigenvalue weighted by Gasteiger charge is 2.26. The van der Waals surface area contributed by atoms with Crippen LogP contribution in [0.1, 0.15) is 33.6 Å². The minimum absolute atomic E-state index is 0.464. The molecule has 0 radical (unpaired) electrons. The number of hydrogen-bond donors (Lipinski definition) is 0. The van der Waals surface area contributed by atoms with Crippen LogP contribution in [-0.4, -0.2) is 16.8 Å². The van der Waals surface area contributed by atoms with Crippen molar-refractivity contribution in [3.05, 3.63) is 148 Å². The lowest BCUT2D eigenvalue weighted by molar-refractivity contribution is 0.0519. The van der Waals surface area contributed by atoms with E-state index in [1.807, 2.05) is 24.3 Å². The molecule has 4 nitrogen and oxygen atoms in total. The predicted octanol–water partition coefficient (Wildman–Crippen LogP) is 9.40. The molecule has 202 valence electrons. The number of aryl methyl sites for hydroxylation is 1. The van der Waals surface area contributed by atoms with E-state index in [2.05, 4.69) is 83.4 Å². The number of oxime groups is 1. The average Bonchev–Trinajstić information content (AvgIpc) is 3.40. The average molecular weight is 575 g/mol. The van der Waals surface area contributed by atoms with Crippen LogP contribution in [0.15, 0.2) is 131 Å². The second-order valence-electron chi connectivity index (χ2n) is 9.82. The maximum atomic E-state index is 12.5. The molecule has 0 aliphatic heterocycles. The molecule has 1 aliphatic carbocycles. The molecule has 0 amide bonds. The van der Waals surface area contributed by atoms with Crippen LogP contribution in [0.25, 0.3) is 21.8 Å². The zero-order valence-corrected chi connectivity index (χ0v) is 24.0. The third-order valence-electron chi connectivity index (χ3n) is 7.02. The zero-order chi connectivity index (χ0) is 28.2. The minimum atomic E-state index is -0.480. The summed E-state index contributed by atoms with van der Waals surface area (Å²) in [7, 11) is 0. The molecule has 0 atom stereocenters. The van der Waals surface area contributed by atoms with Crippen molar-refractivity contribution in [1.82, 2.24) is 4.57 Å². The van der Waals surface area contributed by atoms with E-state index in [9.17, 15) is 4.79 Å². The van der Waals surface area contributed by atoms with Crippen molar-refractivity contribution < 1.29 is 9.63 Å². The quantitative estimate of drug-likeness (QED) is 0.110. The van der Waals surface area contributed by atoms with Crippen molar-refractivity contribution in [3.63, 3.8) is 0 Å². The van der Waals surface area contributed by atoms with Crippen molar-refractivity contribution in [3.8, 4) is 16.9 Å². The second-order valence-corrected chi connectivity index (χ2v) is 11.3. The van der Waals surface area contributed by atoms with Gasteiger partial charge in [-0.15, -0.1) is 0 Å². The Kier molecular flexibility index (Phi) is 7.90. The number of halogens is 1. The van der Waals surface area contributed by atoms with Gasteiger partial charge in [0.25, 0.3) is 0 Å². The first-order valence-corrected chi connectivity index (χ1v) is 14.6. The number of allylic oxidation sites excluding steroid dienone is 1. The van der Waals surface area contributed by atoms with E-state index in [4.69, 9.17) is 16.4 Å². The number of thioether (sulfide) groups is 1. The van der Waals surface area contributed by atoms with Crippen molar-refractivity contribution in [2.45, 2.75) is 24.7 Å². The molecule has 6 rings (SSSR count). The Balaban J connectivity index is 1.46. The second kappa shape index (κ2) is 12.0. The molecule has 0 saturated heterocycles. The molecular weight excluding hydrogens is 548 g/mol. The molecule has 1 aliphatic rings. The molecule has 5 aromatic rings. The van der Waals surface area contributed by atoms with Crippen molar-refractivity contribution in [1.29, 1.82) is 0 Å². The van der Waals surface area contributed by atoms with Gasteiger partial charge < -0.3 is 9.40 Å². The van der Waals surface area contributed by atoms with Crippen LogP contribution in [0.5, 0.6) is 0 Å². The predicted molar refractivity (Wildman–Crippen MR) is 169 cm³/mol. The standard InChI is InChI=1S/C35H27ClN2O2S/c1-24-12-19-30(20-13-24)41-34-27(23-37-40-35(39)26-10-6-3-7-11-26)14-21-32-31(34)22-33(25-8-4-2-5-9-25)38(32)29-17-15-28(36)16-18-29/h2-13,15-20,22-23H,14,21H2,1H3. The number of rotatable bonds is 7. The SMILES string of the molecule is Cc1ccc(SC2=C(C=NOC(=O)c3ccccc3)CCc3c2cc(-c2ccccc2)n3-c2ccc(Cl)cc2)cc1. The van der Waals surface area contributed by atoms with Crippen molar-refractivity contribution in [2.75, 3.05) is 0 Å². The number of carbonyl (C=O) groups is 1. The molecule has 0 bridgehead atoms. The Bertz CT molecular complexity index is 1740. The number of aromatic nitrogens is 1. The van der Waals surface area contributed by atoms with Gasteiger partial charge in [-0.1, -0.05) is 94.7 Å². The fraction of sp³-hybridized carbons (Fsp3) is 0.0857. The Morgan fingerprint density at radius 3 is 2.27 bits per heavy atom. The molecule has 1 heterocycles. The van der Waals surface area contributed by atoms with E-state index in [-0.39, 0.29) is 0 Å². The van der Waals surface area contributed by atoms with Crippen LogP contribution in [0, 0.1) is 6.92 Å². The molecule has 0 saturated carbocycles. The largest absolute Gasteiger partial charge is 0.365 e. The lowest BCUT2D eigenvalue weighted by atomic mass is 9.97.